The molecule has 0 atom stereocenters. The van der Waals surface area contributed by atoms with Crippen molar-refractivity contribution in [3.8, 4) is 11.1 Å². The van der Waals surface area contributed by atoms with Crippen LogP contribution in [0.5, 0.6) is 0 Å². The third-order valence-electron chi connectivity index (χ3n) is 4.66. The summed E-state index contributed by atoms with van der Waals surface area (Å²) in [4.78, 5) is 16.8. The topological polar surface area (TPSA) is 97.2 Å². The number of pyridine rings is 1. The zero-order valence-electron chi connectivity index (χ0n) is 14.4. The molecule has 3 heterocycles. The molecule has 3 aromatic rings. The normalized spacial score (nSPS) is 14.5. The standard InChI is InChI=1S/C19H21N7/c20-18-17(13-23-19(21)24-18)26-10-8-25(9-11-26)16-3-1-2-15(12-16)14-4-6-22-7-5-14/h1-7,12-13H,8-11H2,(H4,20,21,23,24). The first kappa shape index (κ1) is 16.1. The van der Waals surface area contributed by atoms with Crippen LogP contribution in [0.3, 0.4) is 0 Å². The number of nitrogen functional groups attached to an aromatic ring is 2. The first-order chi connectivity index (χ1) is 12.7. The fourth-order valence-electron chi connectivity index (χ4n) is 3.28. The summed E-state index contributed by atoms with van der Waals surface area (Å²) in [6, 6.07) is 12.7. The minimum absolute atomic E-state index is 0.206. The molecule has 1 saturated heterocycles. The zero-order chi connectivity index (χ0) is 17.9. The lowest BCUT2D eigenvalue weighted by Gasteiger charge is -2.37. The Kier molecular flexibility index (Phi) is 4.27. The molecule has 7 nitrogen and oxygen atoms in total. The summed E-state index contributed by atoms with van der Waals surface area (Å²) in [5.74, 6) is 0.642. The van der Waals surface area contributed by atoms with Gasteiger partial charge in [-0.2, -0.15) is 4.98 Å². The van der Waals surface area contributed by atoms with Gasteiger partial charge in [0.25, 0.3) is 0 Å². The Balaban J connectivity index is 1.48. The van der Waals surface area contributed by atoms with Crippen molar-refractivity contribution < 1.29 is 0 Å². The minimum Gasteiger partial charge on any atom is -0.382 e. The molecule has 1 fully saturated rings. The first-order valence-corrected chi connectivity index (χ1v) is 8.59. The summed E-state index contributed by atoms with van der Waals surface area (Å²) in [5.41, 5.74) is 16.0. The highest BCUT2D eigenvalue weighted by Gasteiger charge is 2.20. The second-order valence-electron chi connectivity index (χ2n) is 6.26. The maximum absolute atomic E-state index is 5.99. The summed E-state index contributed by atoms with van der Waals surface area (Å²) in [5, 5.41) is 0. The summed E-state index contributed by atoms with van der Waals surface area (Å²) < 4.78 is 0. The molecule has 0 bridgehead atoms. The number of anilines is 4. The van der Waals surface area contributed by atoms with Crippen LogP contribution in [0.15, 0.2) is 55.0 Å². The van der Waals surface area contributed by atoms with Gasteiger partial charge < -0.3 is 21.3 Å². The predicted molar refractivity (Wildman–Crippen MR) is 105 cm³/mol. The van der Waals surface area contributed by atoms with Crippen molar-refractivity contribution in [3.05, 3.63) is 55.0 Å². The maximum atomic E-state index is 5.99. The molecule has 0 aliphatic carbocycles. The molecule has 0 saturated carbocycles. The largest absolute Gasteiger partial charge is 0.382 e. The number of aromatic nitrogens is 3. The van der Waals surface area contributed by atoms with E-state index in [1.807, 2.05) is 24.5 Å². The summed E-state index contributed by atoms with van der Waals surface area (Å²) >= 11 is 0. The van der Waals surface area contributed by atoms with Gasteiger partial charge in [0.15, 0.2) is 5.82 Å². The Morgan fingerprint density at radius 3 is 2.31 bits per heavy atom. The third kappa shape index (κ3) is 3.23. The molecular formula is C19H21N7. The summed E-state index contributed by atoms with van der Waals surface area (Å²) in [6.45, 7) is 3.53. The number of hydrogen-bond acceptors (Lipinski definition) is 7. The van der Waals surface area contributed by atoms with Gasteiger partial charge in [-0.3, -0.25) is 4.98 Å². The Labute approximate surface area is 152 Å². The number of hydrogen-bond donors (Lipinski definition) is 2. The molecule has 7 heteroatoms. The van der Waals surface area contributed by atoms with Crippen LogP contribution >= 0.6 is 0 Å². The number of nitrogens with zero attached hydrogens (tertiary/aromatic N) is 5. The van der Waals surface area contributed by atoms with Crippen LogP contribution in [0.2, 0.25) is 0 Å². The Morgan fingerprint density at radius 1 is 0.846 bits per heavy atom. The monoisotopic (exact) mass is 347 g/mol. The van der Waals surface area contributed by atoms with E-state index < -0.39 is 0 Å². The highest BCUT2D eigenvalue weighted by atomic mass is 15.3. The number of nitrogens with two attached hydrogens (primary N) is 2. The van der Waals surface area contributed by atoms with E-state index in [0.717, 1.165) is 31.9 Å². The smallest absolute Gasteiger partial charge is 0.222 e. The van der Waals surface area contributed by atoms with Crippen LogP contribution in [-0.2, 0) is 0 Å². The second kappa shape index (κ2) is 6.87. The van der Waals surface area contributed by atoms with Crippen molar-refractivity contribution in [2.24, 2.45) is 0 Å². The van der Waals surface area contributed by atoms with Gasteiger partial charge in [-0.25, -0.2) is 4.98 Å². The number of rotatable bonds is 3. The van der Waals surface area contributed by atoms with E-state index in [4.69, 9.17) is 11.5 Å². The molecule has 132 valence electrons. The average Bonchev–Trinajstić information content (AvgIpc) is 2.69. The van der Waals surface area contributed by atoms with Crippen LogP contribution in [-0.4, -0.2) is 41.1 Å². The van der Waals surface area contributed by atoms with Crippen LogP contribution in [0, 0.1) is 0 Å². The predicted octanol–water partition coefficient (Wildman–Crippen LogP) is 2.03. The van der Waals surface area contributed by atoms with Gasteiger partial charge in [-0.05, 0) is 35.4 Å². The lowest BCUT2D eigenvalue weighted by molar-refractivity contribution is 0.652. The van der Waals surface area contributed by atoms with Gasteiger partial charge in [0.1, 0.15) is 0 Å². The molecule has 4 N–H and O–H groups in total. The van der Waals surface area contributed by atoms with Crippen molar-refractivity contribution in [2.75, 3.05) is 47.4 Å². The van der Waals surface area contributed by atoms with Gasteiger partial charge in [0.05, 0.1) is 11.9 Å². The van der Waals surface area contributed by atoms with Gasteiger partial charge in [0, 0.05) is 44.3 Å². The number of benzene rings is 1. The molecule has 0 amide bonds. The molecule has 0 radical (unpaired) electrons. The zero-order valence-corrected chi connectivity index (χ0v) is 14.4. The van der Waals surface area contributed by atoms with E-state index in [1.165, 1.54) is 16.8 Å². The fourth-order valence-corrected chi connectivity index (χ4v) is 3.28. The Hall–Kier alpha value is -3.35. The summed E-state index contributed by atoms with van der Waals surface area (Å²) in [6.07, 6.45) is 5.34. The van der Waals surface area contributed by atoms with Gasteiger partial charge in [-0.15, -0.1) is 0 Å². The lowest BCUT2D eigenvalue weighted by Crippen LogP contribution is -2.46. The highest BCUT2D eigenvalue weighted by molar-refractivity contribution is 5.69. The molecule has 0 spiro atoms. The van der Waals surface area contributed by atoms with Crippen LogP contribution in [0.4, 0.5) is 23.1 Å². The lowest BCUT2D eigenvalue weighted by atomic mass is 10.1. The molecule has 1 aliphatic heterocycles. The molecule has 1 aliphatic rings. The Morgan fingerprint density at radius 2 is 1.58 bits per heavy atom. The van der Waals surface area contributed by atoms with Crippen molar-refractivity contribution in [3.63, 3.8) is 0 Å². The van der Waals surface area contributed by atoms with Crippen molar-refractivity contribution in [1.29, 1.82) is 0 Å². The van der Waals surface area contributed by atoms with E-state index in [1.54, 1.807) is 6.20 Å². The van der Waals surface area contributed by atoms with Crippen LogP contribution in [0.25, 0.3) is 11.1 Å². The second-order valence-corrected chi connectivity index (χ2v) is 6.26. The van der Waals surface area contributed by atoms with Crippen molar-refractivity contribution in [1.82, 2.24) is 15.0 Å². The quantitative estimate of drug-likeness (QED) is 0.748. The van der Waals surface area contributed by atoms with Gasteiger partial charge in [0.2, 0.25) is 5.95 Å². The molecule has 1 aromatic carbocycles. The van der Waals surface area contributed by atoms with E-state index in [-0.39, 0.29) is 5.95 Å². The van der Waals surface area contributed by atoms with Gasteiger partial charge >= 0.3 is 0 Å². The third-order valence-corrected chi connectivity index (χ3v) is 4.66. The minimum atomic E-state index is 0.206. The Bertz CT molecular complexity index is 889. The summed E-state index contributed by atoms with van der Waals surface area (Å²) in [7, 11) is 0. The van der Waals surface area contributed by atoms with Crippen LogP contribution < -0.4 is 21.3 Å². The molecule has 0 unspecified atom stereocenters. The van der Waals surface area contributed by atoms with Crippen LogP contribution in [0.1, 0.15) is 0 Å². The van der Waals surface area contributed by atoms with Crippen molar-refractivity contribution >= 4 is 23.1 Å². The van der Waals surface area contributed by atoms with Gasteiger partial charge in [-0.1, -0.05) is 12.1 Å². The molecule has 2 aromatic heterocycles. The van der Waals surface area contributed by atoms with E-state index in [2.05, 4.69) is 49.0 Å². The average molecular weight is 347 g/mol. The number of piperazine rings is 1. The molecular weight excluding hydrogens is 326 g/mol. The molecule has 4 rings (SSSR count). The SMILES string of the molecule is Nc1ncc(N2CCN(c3cccc(-c4ccncc4)c3)CC2)c(N)n1. The van der Waals surface area contributed by atoms with Crippen molar-refractivity contribution in [2.45, 2.75) is 0 Å². The van der Waals surface area contributed by atoms with E-state index in [9.17, 15) is 0 Å². The van der Waals surface area contributed by atoms with E-state index >= 15 is 0 Å². The molecule has 26 heavy (non-hydrogen) atoms. The highest BCUT2D eigenvalue weighted by Crippen LogP contribution is 2.27. The first-order valence-electron chi connectivity index (χ1n) is 8.59. The van der Waals surface area contributed by atoms with E-state index in [0.29, 0.717) is 5.82 Å². The maximum Gasteiger partial charge on any atom is 0.222 e. The fraction of sp³-hybridized carbons (Fsp3) is 0.211.